The van der Waals surface area contributed by atoms with Gasteiger partial charge in [0.05, 0.1) is 0 Å². The average Bonchev–Trinajstić information content (AvgIpc) is 2.42. The smallest absolute Gasteiger partial charge is 0.000717 e. The fraction of sp³-hybridized carbons (Fsp3) is 0.625. The normalized spacial score (nSPS) is 11.4. The Morgan fingerprint density at radius 1 is 0.778 bits per heavy atom. The van der Waals surface area contributed by atoms with E-state index in [-0.39, 0.29) is 0 Å². The molecule has 0 radical (unpaired) electrons. The van der Waals surface area contributed by atoms with Crippen LogP contribution in [0.1, 0.15) is 38.8 Å². The van der Waals surface area contributed by atoms with E-state index in [0.29, 0.717) is 0 Å². The van der Waals surface area contributed by atoms with Gasteiger partial charge in [-0.25, -0.2) is 0 Å². The second kappa shape index (κ2) is 8.28. The third-order valence-electron chi connectivity index (χ3n) is 3.49. The van der Waals surface area contributed by atoms with E-state index in [1.165, 1.54) is 11.1 Å². The van der Waals surface area contributed by atoms with Gasteiger partial charge in [0.1, 0.15) is 0 Å². The van der Waals surface area contributed by atoms with Gasteiger partial charge in [-0.15, -0.1) is 11.1 Å². The van der Waals surface area contributed by atoms with Crippen LogP contribution in [0.5, 0.6) is 0 Å². The summed E-state index contributed by atoms with van der Waals surface area (Å²) in [5, 5.41) is 0. The Labute approximate surface area is 113 Å². The van der Waals surface area contributed by atoms with E-state index in [1.54, 1.807) is 0 Å². The predicted molar refractivity (Wildman–Crippen MR) is 78.5 cm³/mol. The molecule has 102 valence electrons. The molecular weight excluding hydrogens is 220 g/mol. The minimum absolute atomic E-state index is 1.01. The maximum absolute atomic E-state index is 3.56. The standard InChI is InChI=1S/C16H27N2/c1-5-17(6-2)13-15-10-9-11-16(12-15)14-18(7-3)8-4/h9-11H,5-8,13-14H2,1-4H3/q-1. The van der Waals surface area contributed by atoms with E-state index in [0.717, 1.165) is 39.3 Å². The summed E-state index contributed by atoms with van der Waals surface area (Å²) < 4.78 is 0. The van der Waals surface area contributed by atoms with Gasteiger partial charge in [0, 0.05) is 13.1 Å². The molecule has 0 aliphatic carbocycles. The van der Waals surface area contributed by atoms with Gasteiger partial charge in [-0.3, -0.25) is 0 Å². The summed E-state index contributed by atoms with van der Waals surface area (Å²) in [6.07, 6.45) is 0. The summed E-state index contributed by atoms with van der Waals surface area (Å²) in [4.78, 5) is 4.85. The molecule has 0 spiro atoms. The van der Waals surface area contributed by atoms with Gasteiger partial charge in [-0.05, 0) is 26.2 Å². The number of benzene rings is 1. The SMILES string of the molecule is CCN(CC)Cc1[c-]c(CN(CC)CC)ccc1. The summed E-state index contributed by atoms with van der Waals surface area (Å²) in [5.41, 5.74) is 2.62. The first-order valence-electron chi connectivity index (χ1n) is 7.18. The Morgan fingerprint density at radius 2 is 1.17 bits per heavy atom. The number of rotatable bonds is 8. The number of nitrogens with zero attached hydrogens (tertiary/aromatic N) is 2. The highest BCUT2D eigenvalue weighted by atomic mass is 15.1. The van der Waals surface area contributed by atoms with Crippen molar-refractivity contribution >= 4 is 0 Å². The molecule has 0 aliphatic rings. The average molecular weight is 247 g/mol. The summed E-state index contributed by atoms with van der Waals surface area (Å²) in [5.74, 6) is 0. The third-order valence-corrected chi connectivity index (χ3v) is 3.49. The molecule has 1 aromatic rings. The first-order valence-corrected chi connectivity index (χ1v) is 7.18. The Bertz CT molecular complexity index is 298. The molecule has 2 nitrogen and oxygen atoms in total. The lowest BCUT2D eigenvalue weighted by molar-refractivity contribution is 0.290. The third kappa shape index (κ3) is 4.79. The number of hydrogen-bond acceptors (Lipinski definition) is 2. The van der Waals surface area contributed by atoms with E-state index < -0.39 is 0 Å². The quantitative estimate of drug-likeness (QED) is 0.651. The fourth-order valence-electron chi connectivity index (χ4n) is 2.13. The Hall–Kier alpha value is -0.860. The van der Waals surface area contributed by atoms with Crippen molar-refractivity contribution in [2.24, 2.45) is 0 Å². The molecule has 1 aromatic carbocycles. The monoisotopic (exact) mass is 247 g/mol. The lowest BCUT2D eigenvalue weighted by Crippen LogP contribution is -2.23. The van der Waals surface area contributed by atoms with Crippen LogP contribution in [0.2, 0.25) is 0 Å². The first kappa shape index (κ1) is 15.2. The van der Waals surface area contributed by atoms with Crippen LogP contribution in [0.25, 0.3) is 0 Å². The highest BCUT2D eigenvalue weighted by molar-refractivity contribution is 5.21. The summed E-state index contributed by atoms with van der Waals surface area (Å²) in [6, 6.07) is 10.1. The zero-order chi connectivity index (χ0) is 13.4. The second-order valence-electron chi connectivity index (χ2n) is 4.62. The number of hydrogen-bond donors (Lipinski definition) is 0. The molecule has 0 heterocycles. The maximum atomic E-state index is 3.56. The van der Waals surface area contributed by atoms with Gasteiger partial charge in [0.25, 0.3) is 0 Å². The Morgan fingerprint density at radius 3 is 1.50 bits per heavy atom. The molecule has 0 fully saturated rings. The minimum atomic E-state index is 1.01. The predicted octanol–water partition coefficient (Wildman–Crippen LogP) is 3.17. The van der Waals surface area contributed by atoms with Crippen molar-refractivity contribution < 1.29 is 0 Å². The molecule has 0 aromatic heterocycles. The molecule has 0 saturated heterocycles. The van der Waals surface area contributed by atoms with Crippen molar-refractivity contribution in [3.63, 3.8) is 0 Å². The van der Waals surface area contributed by atoms with Gasteiger partial charge in [-0.2, -0.15) is 24.3 Å². The van der Waals surface area contributed by atoms with Crippen LogP contribution in [0.3, 0.4) is 0 Å². The lowest BCUT2D eigenvalue weighted by atomic mass is 10.1. The zero-order valence-corrected chi connectivity index (χ0v) is 12.4. The van der Waals surface area contributed by atoms with E-state index >= 15 is 0 Å². The Balaban J connectivity index is 2.66. The molecule has 0 N–H and O–H groups in total. The molecular formula is C16H27N2-. The highest BCUT2D eigenvalue weighted by Crippen LogP contribution is 2.09. The highest BCUT2D eigenvalue weighted by Gasteiger charge is 2.00. The van der Waals surface area contributed by atoms with Gasteiger partial charge >= 0.3 is 0 Å². The van der Waals surface area contributed by atoms with Crippen LogP contribution in [0, 0.1) is 6.07 Å². The molecule has 2 heteroatoms. The molecule has 0 atom stereocenters. The lowest BCUT2D eigenvalue weighted by Gasteiger charge is -2.24. The molecule has 0 unspecified atom stereocenters. The summed E-state index contributed by atoms with van der Waals surface area (Å²) in [7, 11) is 0. The van der Waals surface area contributed by atoms with Crippen molar-refractivity contribution in [2.45, 2.75) is 40.8 Å². The van der Waals surface area contributed by atoms with Crippen LogP contribution < -0.4 is 0 Å². The first-order chi connectivity index (χ1) is 8.73. The van der Waals surface area contributed by atoms with E-state index in [9.17, 15) is 0 Å². The van der Waals surface area contributed by atoms with Crippen LogP contribution in [-0.2, 0) is 13.1 Å². The van der Waals surface area contributed by atoms with Crippen molar-refractivity contribution in [3.8, 4) is 0 Å². The van der Waals surface area contributed by atoms with E-state index in [1.807, 2.05) is 0 Å². The van der Waals surface area contributed by atoms with Gasteiger partial charge in [0.2, 0.25) is 0 Å². The maximum Gasteiger partial charge on any atom is 0.000717 e. The molecule has 0 saturated carbocycles. The van der Waals surface area contributed by atoms with Crippen LogP contribution in [0.4, 0.5) is 0 Å². The molecule has 18 heavy (non-hydrogen) atoms. The molecule has 1 rings (SSSR count). The van der Waals surface area contributed by atoms with Crippen LogP contribution >= 0.6 is 0 Å². The van der Waals surface area contributed by atoms with E-state index in [4.69, 9.17) is 0 Å². The summed E-state index contributed by atoms with van der Waals surface area (Å²) in [6.45, 7) is 15.3. The minimum Gasteiger partial charge on any atom is -0.302 e. The topological polar surface area (TPSA) is 6.48 Å². The van der Waals surface area contributed by atoms with Crippen LogP contribution in [0.15, 0.2) is 18.2 Å². The van der Waals surface area contributed by atoms with Gasteiger partial charge in [0.15, 0.2) is 0 Å². The fourth-order valence-corrected chi connectivity index (χ4v) is 2.13. The largest absolute Gasteiger partial charge is 0.302 e. The van der Waals surface area contributed by atoms with Crippen LogP contribution in [-0.4, -0.2) is 36.0 Å². The zero-order valence-electron chi connectivity index (χ0n) is 12.4. The van der Waals surface area contributed by atoms with Gasteiger partial charge in [-0.1, -0.05) is 27.7 Å². The van der Waals surface area contributed by atoms with Crippen molar-refractivity contribution in [1.82, 2.24) is 9.80 Å². The van der Waals surface area contributed by atoms with E-state index in [2.05, 4.69) is 61.8 Å². The Kier molecular flexibility index (Phi) is 6.99. The summed E-state index contributed by atoms with van der Waals surface area (Å²) >= 11 is 0. The van der Waals surface area contributed by atoms with Crippen molar-refractivity contribution in [2.75, 3.05) is 26.2 Å². The molecule has 0 aliphatic heterocycles. The second-order valence-corrected chi connectivity index (χ2v) is 4.62. The molecule has 0 bridgehead atoms. The van der Waals surface area contributed by atoms with Crippen molar-refractivity contribution in [3.05, 3.63) is 35.4 Å². The van der Waals surface area contributed by atoms with Gasteiger partial charge < -0.3 is 9.80 Å². The van der Waals surface area contributed by atoms with Crippen molar-refractivity contribution in [1.29, 1.82) is 0 Å². The molecule has 0 amide bonds.